The zero-order valence-electron chi connectivity index (χ0n) is 13.7. The van der Waals surface area contributed by atoms with Crippen molar-refractivity contribution in [2.24, 2.45) is 0 Å². The van der Waals surface area contributed by atoms with Gasteiger partial charge in [-0.25, -0.2) is 4.39 Å². The van der Waals surface area contributed by atoms with Crippen LogP contribution in [0, 0.1) is 5.82 Å². The highest BCUT2D eigenvalue weighted by molar-refractivity contribution is 8.03. The molecular weight excluding hydrogens is 333 g/mol. The lowest BCUT2D eigenvalue weighted by atomic mass is 10.0. The van der Waals surface area contributed by atoms with E-state index in [0.29, 0.717) is 5.56 Å². The quantitative estimate of drug-likeness (QED) is 0.679. The van der Waals surface area contributed by atoms with E-state index in [0.717, 1.165) is 23.4 Å². The van der Waals surface area contributed by atoms with Crippen LogP contribution in [-0.2, 0) is 13.0 Å². The molecule has 0 saturated carbocycles. The molecule has 0 aromatic heterocycles. The molecular formula is C21H18FNOS. The van der Waals surface area contributed by atoms with Gasteiger partial charge in [0.2, 0.25) is 0 Å². The van der Waals surface area contributed by atoms with Crippen LogP contribution in [0.2, 0.25) is 0 Å². The summed E-state index contributed by atoms with van der Waals surface area (Å²) in [5, 5.41) is 5.54. The SMILES string of the molecule is Fc1ccccc1COc1ccc2cc(CC3=CNCS3)ccc2c1. The highest BCUT2D eigenvalue weighted by atomic mass is 32.2. The van der Waals surface area contributed by atoms with E-state index in [1.54, 1.807) is 12.1 Å². The van der Waals surface area contributed by atoms with Gasteiger partial charge >= 0.3 is 0 Å². The summed E-state index contributed by atoms with van der Waals surface area (Å²) in [7, 11) is 0. The second-order valence-corrected chi connectivity index (χ2v) is 7.11. The van der Waals surface area contributed by atoms with Crippen molar-refractivity contribution in [3.05, 3.63) is 88.7 Å². The molecule has 25 heavy (non-hydrogen) atoms. The van der Waals surface area contributed by atoms with Gasteiger partial charge in [-0.05, 0) is 34.5 Å². The van der Waals surface area contributed by atoms with Gasteiger partial charge in [0.05, 0.1) is 5.88 Å². The predicted octanol–water partition coefficient (Wildman–Crippen LogP) is 5.24. The molecule has 1 aliphatic rings. The molecule has 0 fully saturated rings. The van der Waals surface area contributed by atoms with E-state index in [4.69, 9.17) is 4.74 Å². The van der Waals surface area contributed by atoms with Gasteiger partial charge in [-0.1, -0.05) is 42.5 Å². The maximum absolute atomic E-state index is 13.7. The van der Waals surface area contributed by atoms with E-state index in [1.165, 1.54) is 21.9 Å². The Hall–Kier alpha value is -2.46. The van der Waals surface area contributed by atoms with Crippen molar-refractivity contribution in [3.8, 4) is 5.75 Å². The fourth-order valence-corrected chi connectivity index (χ4v) is 3.67. The summed E-state index contributed by atoms with van der Waals surface area (Å²) in [6.45, 7) is 0.231. The normalized spacial score (nSPS) is 13.6. The van der Waals surface area contributed by atoms with Gasteiger partial charge in [-0.15, -0.1) is 11.8 Å². The Kier molecular flexibility index (Phi) is 4.61. The van der Waals surface area contributed by atoms with Gasteiger partial charge in [0.25, 0.3) is 0 Å². The van der Waals surface area contributed by atoms with E-state index in [9.17, 15) is 4.39 Å². The minimum Gasteiger partial charge on any atom is -0.489 e. The first-order valence-corrected chi connectivity index (χ1v) is 9.21. The predicted molar refractivity (Wildman–Crippen MR) is 102 cm³/mol. The zero-order chi connectivity index (χ0) is 17.1. The molecule has 0 spiro atoms. The molecule has 2 nitrogen and oxygen atoms in total. The Morgan fingerprint density at radius 3 is 2.68 bits per heavy atom. The smallest absolute Gasteiger partial charge is 0.129 e. The van der Waals surface area contributed by atoms with Crippen LogP contribution in [0.3, 0.4) is 0 Å². The Bertz CT molecular complexity index is 938. The Morgan fingerprint density at radius 2 is 1.84 bits per heavy atom. The van der Waals surface area contributed by atoms with E-state index < -0.39 is 0 Å². The molecule has 0 amide bonds. The number of benzene rings is 3. The number of hydrogen-bond donors (Lipinski definition) is 1. The highest BCUT2D eigenvalue weighted by Crippen LogP contribution is 2.27. The number of fused-ring (bicyclic) bond motifs is 1. The Balaban J connectivity index is 1.49. The zero-order valence-corrected chi connectivity index (χ0v) is 14.5. The van der Waals surface area contributed by atoms with E-state index in [-0.39, 0.29) is 12.4 Å². The molecule has 3 aromatic rings. The molecule has 0 unspecified atom stereocenters. The van der Waals surface area contributed by atoms with Crippen molar-refractivity contribution in [1.29, 1.82) is 0 Å². The van der Waals surface area contributed by atoms with Crippen LogP contribution in [0.4, 0.5) is 4.39 Å². The van der Waals surface area contributed by atoms with Crippen LogP contribution in [0.25, 0.3) is 10.8 Å². The first kappa shape index (κ1) is 16.0. The standard InChI is InChI=1S/C21H18FNOS/c22-21-4-2-1-3-18(21)13-24-19-8-7-16-9-15(5-6-17(16)11-19)10-20-12-23-14-25-20/h1-9,11-12,23H,10,13-14H2. The van der Waals surface area contributed by atoms with Crippen molar-refractivity contribution < 1.29 is 9.13 Å². The molecule has 4 heteroatoms. The summed E-state index contributed by atoms with van der Waals surface area (Å²) in [4.78, 5) is 1.36. The molecule has 0 atom stereocenters. The number of thioether (sulfide) groups is 1. The van der Waals surface area contributed by atoms with Gasteiger partial charge in [0.1, 0.15) is 18.2 Å². The molecule has 3 aromatic carbocycles. The van der Waals surface area contributed by atoms with Crippen LogP contribution in [-0.4, -0.2) is 5.88 Å². The lowest BCUT2D eigenvalue weighted by molar-refractivity contribution is 0.300. The monoisotopic (exact) mass is 351 g/mol. The van der Waals surface area contributed by atoms with Gasteiger partial charge < -0.3 is 10.1 Å². The third-order valence-corrected chi connectivity index (χ3v) is 5.15. The summed E-state index contributed by atoms with van der Waals surface area (Å²) in [6, 6.07) is 19.2. The number of ether oxygens (including phenoxy) is 1. The topological polar surface area (TPSA) is 21.3 Å². The van der Waals surface area contributed by atoms with Crippen molar-refractivity contribution >= 4 is 22.5 Å². The van der Waals surface area contributed by atoms with Crippen molar-refractivity contribution in [1.82, 2.24) is 5.32 Å². The maximum Gasteiger partial charge on any atom is 0.129 e. The van der Waals surface area contributed by atoms with E-state index >= 15 is 0 Å². The lowest BCUT2D eigenvalue weighted by Crippen LogP contribution is -1.98. The van der Waals surface area contributed by atoms with Crippen LogP contribution >= 0.6 is 11.8 Å². The molecule has 4 rings (SSSR count). The van der Waals surface area contributed by atoms with Crippen LogP contribution in [0.1, 0.15) is 11.1 Å². The van der Waals surface area contributed by atoms with Gasteiger partial charge in [-0.3, -0.25) is 0 Å². The second-order valence-electron chi connectivity index (χ2n) is 6.00. The summed E-state index contributed by atoms with van der Waals surface area (Å²) in [5.74, 6) is 1.48. The fourth-order valence-electron chi connectivity index (χ4n) is 2.88. The van der Waals surface area contributed by atoms with Crippen molar-refractivity contribution in [3.63, 3.8) is 0 Å². The highest BCUT2D eigenvalue weighted by Gasteiger charge is 2.07. The minimum atomic E-state index is -0.235. The molecule has 0 aliphatic carbocycles. The minimum absolute atomic E-state index is 0.231. The van der Waals surface area contributed by atoms with E-state index in [2.05, 4.69) is 35.8 Å². The molecule has 0 bridgehead atoms. The number of nitrogens with one attached hydrogen (secondary N) is 1. The largest absolute Gasteiger partial charge is 0.489 e. The van der Waals surface area contributed by atoms with Crippen LogP contribution in [0.15, 0.2) is 71.8 Å². The summed E-state index contributed by atoms with van der Waals surface area (Å²) in [5.41, 5.74) is 1.86. The summed E-state index contributed by atoms with van der Waals surface area (Å²) >= 11 is 1.85. The first-order valence-electron chi connectivity index (χ1n) is 8.22. The molecule has 0 radical (unpaired) electrons. The average Bonchev–Trinajstić information content (AvgIpc) is 3.14. The van der Waals surface area contributed by atoms with Gasteiger partial charge in [0, 0.05) is 23.1 Å². The molecule has 126 valence electrons. The maximum atomic E-state index is 13.7. The average molecular weight is 351 g/mol. The molecule has 0 saturated heterocycles. The van der Waals surface area contributed by atoms with Gasteiger partial charge in [0.15, 0.2) is 0 Å². The lowest BCUT2D eigenvalue weighted by Gasteiger charge is -2.09. The fraction of sp³-hybridized carbons (Fsp3) is 0.143. The second kappa shape index (κ2) is 7.19. The number of hydrogen-bond acceptors (Lipinski definition) is 3. The van der Waals surface area contributed by atoms with Gasteiger partial charge in [-0.2, -0.15) is 0 Å². The number of allylic oxidation sites excluding steroid dienone is 1. The van der Waals surface area contributed by atoms with Crippen molar-refractivity contribution in [2.75, 3.05) is 5.88 Å². The molecule has 1 aliphatic heterocycles. The Labute approximate surface area is 150 Å². The third-order valence-electron chi connectivity index (χ3n) is 4.21. The van der Waals surface area contributed by atoms with E-state index in [1.807, 2.05) is 30.0 Å². The number of rotatable bonds is 5. The van der Waals surface area contributed by atoms with Crippen LogP contribution < -0.4 is 10.1 Å². The Morgan fingerprint density at radius 1 is 1.00 bits per heavy atom. The molecule has 1 heterocycles. The van der Waals surface area contributed by atoms with Crippen LogP contribution in [0.5, 0.6) is 5.75 Å². The summed E-state index contributed by atoms with van der Waals surface area (Å²) < 4.78 is 19.4. The first-order chi connectivity index (χ1) is 12.3. The third kappa shape index (κ3) is 3.80. The molecule has 1 N–H and O–H groups in total. The number of halogens is 1. The summed E-state index contributed by atoms with van der Waals surface area (Å²) in [6.07, 6.45) is 3.05. The van der Waals surface area contributed by atoms with Crippen molar-refractivity contribution in [2.45, 2.75) is 13.0 Å².